The topological polar surface area (TPSA) is 106 Å². The number of pyridine rings is 1. The van der Waals surface area contributed by atoms with Crippen LogP contribution in [0.4, 0.5) is 0 Å². The summed E-state index contributed by atoms with van der Waals surface area (Å²) in [5.74, 6) is 1.07. The van der Waals surface area contributed by atoms with Crippen molar-refractivity contribution in [3.63, 3.8) is 0 Å². The quantitative estimate of drug-likeness (QED) is 0.404. The molecule has 0 radical (unpaired) electrons. The Morgan fingerprint density at radius 2 is 1.94 bits per heavy atom. The number of likely N-dealkylation sites (N-methyl/N-ethyl adjacent to an activating group) is 1. The van der Waals surface area contributed by atoms with Crippen molar-refractivity contribution in [3.8, 4) is 22.6 Å². The molecule has 176 valence electrons. The van der Waals surface area contributed by atoms with Gasteiger partial charge in [0.25, 0.3) is 5.89 Å². The van der Waals surface area contributed by atoms with Crippen molar-refractivity contribution in [2.24, 2.45) is 0 Å². The second-order valence-electron chi connectivity index (χ2n) is 9.29. The van der Waals surface area contributed by atoms with Crippen molar-refractivity contribution in [1.82, 2.24) is 34.8 Å². The maximum absolute atomic E-state index is 12.0. The number of carbonyl (C=O) groups excluding carboxylic acids is 1. The Balaban J connectivity index is 1.25. The molecule has 4 heterocycles. The average molecular weight is 468 g/mol. The van der Waals surface area contributed by atoms with E-state index in [1.807, 2.05) is 18.5 Å². The molecule has 1 fully saturated rings. The number of nitrogens with zero attached hydrogens (tertiary/aromatic N) is 6. The number of amides is 1. The van der Waals surface area contributed by atoms with Crippen molar-refractivity contribution < 1.29 is 9.32 Å². The fourth-order valence-corrected chi connectivity index (χ4v) is 4.63. The molecule has 0 unspecified atom stereocenters. The molecular weight excluding hydrogens is 442 g/mol. The number of carbonyl (C=O) groups is 1. The van der Waals surface area contributed by atoms with Crippen LogP contribution in [0.2, 0.25) is 0 Å². The first-order valence-electron chi connectivity index (χ1n) is 11.6. The zero-order chi connectivity index (χ0) is 24.0. The Hall–Kier alpha value is -4.27. The first-order chi connectivity index (χ1) is 17.0. The number of rotatable bonds is 6. The van der Waals surface area contributed by atoms with Gasteiger partial charge in [-0.1, -0.05) is 35.8 Å². The minimum Gasteiger partial charge on any atom is -0.347 e. The highest BCUT2D eigenvalue weighted by Crippen LogP contribution is 2.48. The predicted octanol–water partition coefficient (Wildman–Crippen LogP) is 4.03. The molecule has 1 saturated carbocycles. The number of benzene rings is 1. The van der Waals surface area contributed by atoms with Gasteiger partial charge in [-0.25, -0.2) is 4.98 Å². The van der Waals surface area contributed by atoms with Crippen molar-refractivity contribution in [2.75, 3.05) is 14.1 Å². The van der Waals surface area contributed by atoms with Gasteiger partial charge in [-0.15, -0.1) is 0 Å². The molecule has 5 aromatic rings. The fourth-order valence-electron chi connectivity index (χ4n) is 4.63. The van der Waals surface area contributed by atoms with Gasteiger partial charge in [-0.3, -0.25) is 9.48 Å². The van der Waals surface area contributed by atoms with Crippen LogP contribution in [0.25, 0.3) is 33.6 Å². The highest BCUT2D eigenvalue weighted by molar-refractivity contribution is 5.81. The molecule has 35 heavy (non-hydrogen) atoms. The van der Waals surface area contributed by atoms with E-state index in [1.54, 1.807) is 31.2 Å². The molecule has 1 aromatic carbocycles. The maximum Gasteiger partial charge on any atom is 0.261 e. The molecule has 0 atom stereocenters. The number of H-pyrrole nitrogens is 1. The summed E-state index contributed by atoms with van der Waals surface area (Å²) in [7, 11) is 3.44. The van der Waals surface area contributed by atoms with Gasteiger partial charge in [-0.05, 0) is 36.1 Å². The van der Waals surface area contributed by atoms with Gasteiger partial charge < -0.3 is 14.4 Å². The van der Waals surface area contributed by atoms with E-state index in [2.05, 4.69) is 50.6 Å². The number of fused-ring (bicyclic) bond motifs is 1. The van der Waals surface area contributed by atoms with E-state index in [0.29, 0.717) is 17.3 Å². The SMILES string of the molecule is CN(C)C(=O)Cn1cc(-c2nc(C3(c4ccc(-c5cnc6[nH]ccc6c5)cc4)CCC3)no2)cn1. The minimum atomic E-state index is -0.250. The summed E-state index contributed by atoms with van der Waals surface area (Å²) in [5.41, 5.74) is 4.72. The first kappa shape index (κ1) is 21.3. The van der Waals surface area contributed by atoms with E-state index in [1.165, 1.54) is 10.5 Å². The van der Waals surface area contributed by atoms with Crippen LogP contribution in [-0.4, -0.2) is 54.8 Å². The van der Waals surface area contributed by atoms with E-state index in [9.17, 15) is 4.79 Å². The van der Waals surface area contributed by atoms with Crippen LogP contribution >= 0.6 is 0 Å². The van der Waals surface area contributed by atoms with Gasteiger partial charge in [0.2, 0.25) is 5.91 Å². The molecule has 1 amide bonds. The summed E-state index contributed by atoms with van der Waals surface area (Å²) in [4.78, 5) is 25.9. The molecule has 0 bridgehead atoms. The van der Waals surface area contributed by atoms with Gasteiger partial charge in [0.05, 0.1) is 17.2 Å². The Kier molecular flexibility index (Phi) is 4.98. The molecule has 9 nitrogen and oxygen atoms in total. The number of hydrogen-bond acceptors (Lipinski definition) is 6. The Bertz CT molecular complexity index is 1510. The summed E-state index contributed by atoms with van der Waals surface area (Å²) in [6, 6.07) is 12.8. The highest BCUT2D eigenvalue weighted by Gasteiger charge is 2.44. The van der Waals surface area contributed by atoms with Crippen molar-refractivity contribution in [2.45, 2.75) is 31.2 Å². The molecule has 6 rings (SSSR count). The third-order valence-corrected chi connectivity index (χ3v) is 6.91. The second kappa shape index (κ2) is 8.19. The van der Waals surface area contributed by atoms with Crippen LogP contribution in [0.3, 0.4) is 0 Å². The Morgan fingerprint density at radius 1 is 1.11 bits per heavy atom. The molecule has 0 saturated heterocycles. The van der Waals surface area contributed by atoms with Crippen molar-refractivity contribution in [1.29, 1.82) is 0 Å². The van der Waals surface area contributed by atoms with Crippen molar-refractivity contribution in [3.05, 3.63) is 72.6 Å². The predicted molar refractivity (Wildman–Crippen MR) is 130 cm³/mol. The summed E-state index contributed by atoms with van der Waals surface area (Å²) in [5, 5.41) is 9.72. The van der Waals surface area contributed by atoms with E-state index in [0.717, 1.165) is 41.4 Å². The van der Waals surface area contributed by atoms with Crippen LogP contribution in [-0.2, 0) is 16.8 Å². The number of nitrogens with one attached hydrogen (secondary N) is 1. The number of aromatic nitrogens is 6. The van der Waals surface area contributed by atoms with Crippen molar-refractivity contribution >= 4 is 16.9 Å². The maximum atomic E-state index is 12.0. The van der Waals surface area contributed by atoms with E-state index >= 15 is 0 Å². The lowest BCUT2D eigenvalue weighted by Crippen LogP contribution is -2.36. The third-order valence-electron chi connectivity index (χ3n) is 6.91. The van der Waals surface area contributed by atoms with Crippen LogP contribution in [0.1, 0.15) is 30.7 Å². The van der Waals surface area contributed by atoms with Crippen LogP contribution < -0.4 is 0 Å². The summed E-state index contributed by atoms with van der Waals surface area (Å²) < 4.78 is 7.21. The number of hydrogen-bond donors (Lipinski definition) is 1. The Labute approximate surface area is 201 Å². The zero-order valence-electron chi connectivity index (χ0n) is 19.6. The lowest BCUT2D eigenvalue weighted by atomic mass is 9.64. The molecule has 0 spiro atoms. The summed E-state index contributed by atoms with van der Waals surface area (Å²) in [6.45, 7) is 0.164. The minimum absolute atomic E-state index is 0.0356. The Morgan fingerprint density at radius 3 is 2.69 bits per heavy atom. The third kappa shape index (κ3) is 3.69. The van der Waals surface area contributed by atoms with Crippen LogP contribution in [0, 0.1) is 0 Å². The molecule has 0 aliphatic heterocycles. The summed E-state index contributed by atoms with van der Waals surface area (Å²) in [6.07, 6.45) is 10.3. The number of aromatic amines is 1. The molecule has 1 aliphatic rings. The van der Waals surface area contributed by atoms with Gasteiger partial charge in [0, 0.05) is 43.6 Å². The lowest BCUT2D eigenvalue weighted by Gasteiger charge is -2.39. The van der Waals surface area contributed by atoms with E-state index in [-0.39, 0.29) is 17.9 Å². The monoisotopic (exact) mass is 467 g/mol. The van der Waals surface area contributed by atoms with Gasteiger partial charge in [0.15, 0.2) is 5.82 Å². The standard InChI is InChI=1S/C26H25N7O2/c1-32(2)22(34)16-33-15-20(14-29-33)24-30-25(31-35-24)26(9-3-10-26)21-6-4-17(5-7-21)19-12-18-8-11-27-23(18)28-13-19/h4-8,11-15H,3,9-10,16H2,1-2H3,(H,27,28). The highest BCUT2D eigenvalue weighted by atomic mass is 16.5. The zero-order valence-corrected chi connectivity index (χ0v) is 19.6. The van der Waals surface area contributed by atoms with Gasteiger partial charge in [0.1, 0.15) is 12.2 Å². The normalized spacial score (nSPS) is 14.7. The van der Waals surface area contributed by atoms with E-state index < -0.39 is 0 Å². The summed E-state index contributed by atoms with van der Waals surface area (Å²) >= 11 is 0. The van der Waals surface area contributed by atoms with Crippen LogP contribution in [0.15, 0.2) is 65.7 Å². The van der Waals surface area contributed by atoms with Gasteiger partial charge >= 0.3 is 0 Å². The second-order valence-corrected chi connectivity index (χ2v) is 9.29. The first-order valence-corrected chi connectivity index (χ1v) is 11.6. The largest absolute Gasteiger partial charge is 0.347 e. The molecular formula is C26H25N7O2. The fraction of sp³-hybridized carbons (Fsp3) is 0.269. The smallest absolute Gasteiger partial charge is 0.261 e. The van der Waals surface area contributed by atoms with Gasteiger partial charge in [-0.2, -0.15) is 10.1 Å². The molecule has 1 N–H and O–H groups in total. The average Bonchev–Trinajstić information content (AvgIpc) is 3.59. The molecule has 1 aliphatic carbocycles. The molecule has 4 aromatic heterocycles. The lowest BCUT2D eigenvalue weighted by molar-refractivity contribution is -0.129. The molecule has 9 heteroatoms. The van der Waals surface area contributed by atoms with Crippen LogP contribution in [0.5, 0.6) is 0 Å². The van der Waals surface area contributed by atoms with E-state index in [4.69, 9.17) is 9.51 Å².